The van der Waals surface area contributed by atoms with Crippen LogP contribution < -0.4 is 4.72 Å². The van der Waals surface area contributed by atoms with E-state index in [1.165, 1.54) is 12.1 Å². The van der Waals surface area contributed by atoms with Crippen LogP contribution in [-0.2, 0) is 22.7 Å². The molecule has 0 radical (unpaired) electrons. The van der Waals surface area contributed by atoms with Crippen molar-refractivity contribution in [2.75, 3.05) is 0 Å². The summed E-state index contributed by atoms with van der Waals surface area (Å²) in [6, 6.07) is 4.75. The summed E-state index contributed by atoms with van der Waals surface area (Å²) in [4.78, 5) is 0. The van der Waals surface area contributed by atoms with E-state index < -0.39 is 31.9 Å². The third kappa shape index (κ3) is 4.25. The molecule has 0 atom stereocenters. The highest BCUT2D eigenvalue weighted by molar-refractivity contribution is 7.90. The van der Waals surface area contributed by atoms with E-state index in [-0.39, 0.29) is 6.54 Å². The summed E-state index contributed by atoms with van der Waals surface area (Å²) < 4.78 is 66.6. The highest BCUT2D eigenvalue weighted by atomic mass is 32.2. The first kappa shape index (κ1) is 23.0. The second-order valence-corrected chi connectivity index (χ2v) is 9.07. The molecule has 0 bridgehead atoms. The van der Waals surface area contributed by atoms with Gasteiger partial charge in [0.2, 0.25) is 10.0 Å². The molecule has 0 saturated heterocycles. The van der Waals surface area contributed by atoms with Crippen LogP contribution in [0.15, 0.2) is 24.3 Å². The molecule has 3 nitrogen and oxygen atoms in total. The van der Waals surface area contributed by atoms with Crippen molar-refractivity contribution >= 4 is 10.0 Å². The van der Waals surface area contributed by atoms with Crippen LogP contribution in [0.4, 0.5) is 13.2 Å². The van der Waals surface area contributed by atoms with Gasteiger partial charge in [0.25, 0.3) is 0 Å². The van der Waals surface area contributed by atoms with Crippen molar-refractivity contribution in [2.45, 2.75) is 77.8 Å². The van der Waals surface area contributed by atoms with Gasteiger partial charge in [0.05, 0.1) is 10.3 Å². The van der Waals surface area contributed by atoms with Gasteiger partial charge < -0.3 is 0 Å². The average molecular weight is 394 g/mol. The Morgan fingerprint density at radius 2 is 1.50 bits per heavy atom. The van der Waals surface area contributed by atoms with E-state index in [9.17, 15) is 21.6 Å². The fourth-order valence-corrected chi connectivity index (χ4v) is 6.21. The molecule has 1 rings (SSSR count). The lowest BCUT2D eigenvalue weighted by Gasteiger charge is -2.46. The van der Waals surface area contributed by atoms with Crippen LogP contribution in [0.2, 0.25) is 0 Å². The summed E-state index contributed by atoms with van der Waals surface area (Å²) in [5, 5.41) is 0. The summed E-state index contributed by atoms with van der Waals surface area (Å²) in [6.45, 7) is 9.49. The van der Waals surface area contributed by atoms with Crippen molar-refractivity contribution in [1.82, 2.24) is 4.72 Å². The van der Waals surface area contributed by atoms with Crippen LogP contribution in [0.25, 0.3) is 0 Å². The molecule has 1 N–H and O–H groups in total. The Balaban J connectivity index is 3.18. The lowest BCUT2D eigenvalue weighted by Crippen LogP contribution is -2.55. The lowest BCUT2D eigenvalue weighted by atomic mass is 9.69. The molecular weight excluding hydrogens is 363 g/mol. The van der Waals surface area contributed by atoms with Gasteiger partial charge in [-0.15, -0.1) is 0 Å². The molecule has 0 amide bonds. The van der Waals surface area contributed by atoms with Gasteiger partial charge in [-0.05, 0) is 42.7 Å². The molecule has 0 aliphatic carbocycles. The first-order valence-electron chi connectivity index (χ1n) is 9.08. The maximum Gasteiger partial charge on any atom is 0.416 e. The number of hydrogen-bond donors (Lipinski definition) is 1. The second kappa shape index (κ2) is 8.30. The molecule has 7 heteroatoms. The Morgan fingerprint density at radius 1 is 0.962 bits per heavy atom. The highest BCUT2D eigenvalue weighted by Crippen LogP contribution is 2.47. The highest BCUT2D eigenvalue weighted by Gasteiger charge is 2.52. The van der Waals surface area contributed by atoms with Crippen molar-refractivity contribution in [3.8, 4) is 0 Å². The number of benzene rings is 1. The Kier molecular flexibility index (Phi) is 7.33. The maximum absolute atomic E-state index is 13.2. The first-order valence-corrected chi connectivity index (χ1v) is 10.6. The van der Waals surface area contributed by atoms with Crippen molar-refractivity contribution in [3.63, 3.8) is 0 Å². The monoisotopic (exact) mass is 393 g/mol. The molecule has 0 saturated carbocycles. The molecule has 150 valence electrons. The zero-order chi connectivity index (χ0) is 20.2. The van der Waals surface area contributed by atoms with Gasteiger partial charge in [0.15, 0.2) is 0 Å². The summed E-state index contributed by atoms with van der Waals surface area (Å²) in [5.41, 5.74) is -0.909. The normalized spacial score (nSPS) is 13.8. The predicted octanol–water partition coefficient (Wildman–Crippen LogP) is 5.51. The van der Waals surface area contributed by atoms with E-state index in [1.54, 1.807) is 0 Å². The van der Waals surface area contributed by atoms with Gasteiger partial charge in [-0.1, -0.05) is 52.8 Å². The van der Waals surface area contributed by atoms with E-state index in [0.29, 0.717) is 31.2 Å². The van der Waals surface area contributed by atoms with Crippen LogP contribution in [0.3, 0.4) is 0 Å². The smallest absolute Gasteiger partial charge is 0.212 e. The molecule has 0 heterocycles. The van der Waals surface area contributed by atoms with Crippen molar-refractivity contribution in [1.29, 1.82) is 0 Å². The standard InChI is InChI=1S/C19H30F3NO2S/c1-6-17(5,7-2)18(8-3,9-4)26(24,25)23-14-15-11-10-12-16(13-15)19(20,21)22/h10-13,23H,6-9,14H2,1-5H3. The summed E-state index contributed by atoms with van der Waals surface area (Å²) in [6.07, 6.45) is -2.15. The molecule has 1 aromatic carbocycles. The fourth-order valence-electron chi connectivity index (χ4n) is 3.88. The third-order valence-corrected chi connectivity index (χ3v) is 8.66. The zero-order valence-electron chi connectivity index (χ0n) is 16.2. The number of alkyl halides is 3. The number of sulfonamides is 1. The third-order valence-electron chi connectivity index (χ3n) is 6.04. The molecule has 0 spiro atoms. The van der Waals surface area contributed by atoms with E-state index >= 15 is 0 Å². The topological polar surface area (TPSA) is 46.2 Å². The Bertz CT molecular complexity index is 691. The molecule has 0 aromatic heterocycles. The predicted molar refractivity (Wildman–Crippen MR) is 99.2 cm³/mol. The van der Waals surface area contributed by atoms with E-state index in [1.807, 2.05) is 34.6 Å². The Labute approximate surface area is 155 Å². The number of hydrogen-bond acceptors (Lipinski definition) is 2. The van der Waals surface area contributed by atoms with E-state index in [0.717, 1.165) is 12.1 Å². The fraction of sp³-hybridized carbons (Fsp3) is 0.684. The lowest BCUT2D eigenvalue weighted by molar-refractivity contribution is -0.137. The molecule has 26 heavy (non-hydrogen) atoms. The van der Waals surface area contributed by atoms with Crippen LogP contribution in [0.5, 0.6) is 0 Å². The Hall–Kier alpha value is -1.08. The maximum atomic E-state index is 13.2. The molecule has 0 unspecified atom stereocenters. The van der Waals surface area contributed by atoms with Crippen LogP contribution >= 0.6 is 0 Å². The van der Waals surface area contributed by atoms with E-state index in [2.05, 4.69) is 4.72 Å². The summed E-state index contributed by atoms with van der Waals surface area (Å²) in [7, 11) is -3.74. The van der Waals surface area contributed by atoms with Gasteiger partial charge >= 0.3 is 6.18 Å². The molecular formula is C19H30F3NO2S. The number of rotatable bonds is 9. The van der Waals surface area contributed by atoms with Gasteiger partial charge in [0.1, 0.15) is 0 Å². The second-order valence-electron chi connectivity index (χ2n) is 6.99. The van der Waals surface area contributed by atoms with Crippen LogP contribution in [-0.4, -0.2) is 13.2 Å². The SMILES string of the molecule is CCC(C)(CC)C(CC)(CC)S(=O)(=O)NCc1cccc(C(F)(F)F)c1. The van der Waals surface area contributed by atoms with Crippen LogP contribution in [0.1, 0.15) is 71.4 Å². The van der Waals surface area contributed by atoms with Crippen molar-refractivity contribution in [3.05, 3.63) is 35.4 Å². The van der Waals surface area contributed by atoms with Crippen molar-refractivity contribution < 1.29 is 21.6 Å². The minimum Gasteiger partial charge on any atom is -0.212 e. The zero-order valence-corrected chi connectivity index (χ0v) is 17.0. The molecule has 0 fully saturated rings. The van der Waals surface area contributed by atoms with Gasteiger partial charge in [-0.2, -0.15) is 13.2 Å². The van der Waals surface area contributed by atoms with E-state index in [4.69, 9.17) is 0 Å². The number of nitrogens with one attached hydrogen (secondary N) is 1. The van der Waals surface area contributed by atoms with Crippen LogP contribution in [0, 0.1) is 5.41 Å². The minimum absolute atomic E-state index is 0.155. The Morgan fingerprint density at radius 3 is 1.92 bits per heavy atom. The first-order chi connectivity index (χ1) is 11.9. The molecule has 1 aromatic rings. The minimum atomic E-state index is -4.45. The summed E-state index contributed by atoms with van der Waals surface area (Å²) >= 11 is 0. The van der Waals surface area contributed by atoms with Gasteiger partial charge in [0, 0.05) is 6.54 Å². The quantitative estimate of drug-likeness (QED) is 0.601. The molecule has 0 aliphatic rings. The largest absolute Gasteiger partial charge is 0.416 e. The summed E-state index contributed by atoms with van der Waals surface area (Å²) in [5.74, 6) is 0. The van der Waals surface area contributed by atoms with Gasteiger partial charge in [-0.3, -0.25) is 0 Å². The number of halogens is 3. The van der Waals surface area contributed by atoms with Crippen molar-refractivity contribution in [2.24, 2.45) is 5.41 Å². The average Bonchev–Trinajstić information content (AvgIpc) is 2.60. The molecule has 0 aliphatic heterocycles. The van der Waals surface area contributed by atoms with Gasteiger partial charge in [-0.25, -0.2) is 13.1 Å².